The summed E-state index contributed by atoms with van der Waals surface area (Å²) in [6, 6.07) is 1.69. The van der Waals surface area contributed by atoms with Gasteiger partial charge in [0.15, 0.2) is 0 Å². The number of carbonyl (C=O) groups is 1. The number of rotatable bonds is 7. The number of ether oxygens (including phenoxy) is 1. The van der Waals surface area contributed by atoms with Gasteiger partial charge in [-0.2, -0.15) is 24.5 Å². The molecule has 37 heavy (non-hydrogen) atoms. The second-order valence-corrected chi connectivity index (χ2v) is 12.4. The number of hydrogen-bond acceptors (Lipinski definition) is 5. The van der Waals surface area contributed by atoms with Crippen molar-refractivity contribution >= 4 is 16.5 Å². The monoisotopic (exact) mass is 551 g/mol. The molecule has 0 bridgehead atoms. The highest BCUT2D eigenvalue weighted by Gasteiger charge is 2.38. The van der Waals surface area contributed by atoms with E-state index in [-0.39, 0.29) is 47.3 Å². The fraction of sp³-hybridized carbons (Fsp3) is 0.583. The Labute approximate surface area is 212 Å². The van der Waals surface area contributed by atoms with Gasteiger partial charge in [-0.3, -0.25) is 18.6 Å². The van der Waals surface area contributed by atoms with E-state index in [9.17, 15) is 35.9 Å². The number of fused-ring (bicyclic) bond motifs is 1. The molecule has 2 atom stereocenters. The van der Waals surface area contributed by atoms with Gasteiger partial charge < -0.3 is 10.1 Å². The second kappa shape index (κ2) is 10.4. The smallest absolute Gasteiger partial charge is 0.387 e. The summed E-state index contributed by atoms with van der Waals surface area (Å²) in [5.74, 6) is -1.50. The first-order valence-electron chi connectivity index (χ1n) is 12.0. The molecule has 2 aliphatic rings. The molecule has 206 valence electrons. The average molecular weight is 552 g/mol. The molecule has 1 aliphatic carbocycles. The molecular formula is C24H30F5N3O4S. The van der Waals surface area contributed by atoms with Crippen molar-refractivity contribution in [2.45, 2.75) is 70.6 Å². The van der Waals surface area contributed by atoms with Crippen LogP contribution in [0.5, 0.6) is 5.75 Å². The molecule has 1 fully saturated rings. The number of hydrogen-bond donors (Lipinski definition) is 3. The number of nitrogens with zero attached hydrogens (tertiary/aromatic N) is 2. The average Bonchev–Trinajstić information content (AvgIpc) is 3.20. The standard InChI is InChI=1S/C24H30F5N3O4S/c1-13(21(26)27)32-19-11-14(22(33)30-24(2)7-9-37(34,35)10-8-24)3-5-16(19)20(31-32)17-12-15(36-23(28)29)4-6-18(17)25/h4,6,12-14,21,23,34-35H,3,5,7-11H2,1-2H3,(H,30,33)/t13?,14-/m1/s1. The Hall–Kier alpha value is -2.38. The number of nitrogens with one attached hydrogen (secondary N) is 1. The third-order valence-corrected chi connectivity index (χ3v) is 8.94. The van der Waals surface area contributed by atoms with Gasteiger partial charge in [0.25, 0.3) is 6.43 Å². The zero-order chi connectivity index (χ0) is 27.1. The van der Waals surface area contributed by atoms with Gasteiger partial charge in [-0.15, -0.1) is 0 Å². The Morgan fingerprint density at radius 3 is 2.54 bits per heavy atom. The van der Waals surface area contributed by atoms with Gasteiger partial charge in [-0.1, -0.05) is 0 Å². The van der Waals surface area contributed by atoms with Crippen LogP contribution in [0.4, 0.5) is 22.0 Å². The van der Waals surface area contributed by atoms with Crippen LogP contribution in [-0.4, -0.2) is 54.9 Å². The second-order valence-electron chi connectivity index (χ2n) is 10.0. The highest BCUT2D eigenvalue weighted by molar-refractivity contribution is 8.24. The summed E-state index contributed by atoms with van der Waals surface area (Å²) < 4.78 is 92.8. The van der Waals surface area contributed by atoms with E-state index in [1.54, 1.807) is 0 Å². The van der Waals surface area contributed by atoms with Crippen molar-refractivity contribution in [2.75, 3.05) is 11.5 Å². The molecule has 1 saturated heterocycles. The molecule has 0 radical (unpaired) electrons. The topological polar surface area (TPSA) is 96.6 Å². The summed E-state index contributed by atoms with van der Waals surface area (Å²) in [6.45, 7) is -0.0206. The normalized spacial score (nSPS) is 22.4. The molecule has 1 amide bonds. The van der Waals surface area contributed by atoms with E-state index in [4.69, 9.17) is 0 Å². The fourth-order valence-corrected chi connectivity index (χ4v) is 6.67. The predicted molar refractivity (Wildman–Crippen MR) is 129 cm³/mol. The van der Waals surface area contributed by atoms with E-state index in [2.05, 4.69) is 15.2 Å². The van der Waals surface area contributed by atoms with Crippen molar-refractivity contribution in [1.82, 2.24) is 15.1 Å². The zero-order valence-electron chi connectivity index (χ0n) is 20.4. The van der Waals surface area contributed by atoms with Crippen molar-refractivity contribution in [3.63, 3.8) is 0 Å². The van der Waals surface area contributed by atoms with Crippen LogP contribution in [0.25, 0.3) is 11.3 Å². The lowest BCUT2D eigenvalue weighted by atomic mass is 9.84. The highest BCUT2D eigenvalue weighted by atomic mass is 32.3. The van der Waals surface area contributed by atoms with Crippen LogP contribution in [0.1, 0.15) is 50.4 Å². The van der Waals surface area contributed by atoms with Crippen LogP contribution < -0.4 is 10.1 Å². The molecule has 3 N–H and O–H groups in total. The number of amides is 1. The molecule has 13 heteroatoms. The minimum atomic E-state index is -3.12. The summed E-state index contributed by atoms with van der Waals surface area (Å²) in [6.07, 6.45) is -1.30. The van der Waals surface area contributed by atoms with Gasteiger partial charge in [-0.25, -0.2) is 13.2 Å². The van der Waals surface area contributed by atoms with Gasteiger partial charge in [-0.05, 0) is 57.7 Å². The van der Waals surface area contributed by atoms with Crippen molar-refractivity contribution < 1.29 is 40.6 Å². The van der Waals surface area contributed by atoms with Crippen molar-refractivity contribution in [3.05, 3.63) is 35.3 Å². The molecule has 1 aromatic heterocycles. The summed E-state index contributed by atoms with van der Waals surface area (Å²) in [4.78, 5) is 13.2. The first kappa shape index (κ1) is 27.6. The van der Waals surface area contributed by atoms with Crippen LogP contribution in [0.2, 0.25) is 0 Å². The maximum absolute atomic E-state index is 14.8. The molecule has 0 saturated carbocycles. The Bertz CT molecular complexity index is 1150. The molecule has 1 aromatic carbocycles. The quantitative estimate of drug-likeness (QED) is 0.387. The molecule has 4 rings (SSSR count). The molecule has 0 spiro atoms. The number of alkyl halides is 4. The fourth-order valence-electron chi connectivity index (χ4n) is 4.91. The summed E-state index contributed by atoms with van der Waals surface area (Å²) in [5.41, 5.74) is 0.156. The Morgan fingerprint density at radius 1 is 1.24 bits per heavy atom. The van der Waals surface area contributed by atoms with E-state index < -0.39 is 46.9 Å². The van der Waals surface area contributed by atoms with Gasteiger partial charge in [0.2, 0.25) is 5.91 Å². The van der Waals surface area contributed by atoms with Crippen LogP contribution in [-0.2, 0) is 17.6 Å². The van der Waals surface area contributed by atoms with E-state index >= 15 is 0 Å². The molecule has 1 unspecified atom stereocenters. The Kier molecular flexibility index (Phi) is 7.78. The van der Waals surface area contributed by atoms with Gasteiger partial charge in [0, 0.05) is 46.2 Å². The van der Waals surface area contributed by atoms with Crippen molar-refractivity contribution in [2.24, 2.45) is 5.92 Å². The number of carbonyl (C=O) groups excluding carboxylic acids is 1. The minimum absolute atomic E-state index is 0.0584. The van der Waals surface area contributed by atoms with Crippen molar-refractivity contribution in [1.29, 1.82) is 0 Å². The Morgan fingerprint density at radius 2 is 1.92 bits per heavy atom. The van der Waals surface area contributed by atoms with Crippen molar-refractivity contribution in [3.8, 4) is 17.0 Å². The third-order valence-electron chi connectivity index (χ3n) is 7.23. The van der Waals surface area contributed by atoms with E-state index in [1.807, 2.05) is 6.92 Å². The summed E-state index contributed by atoms with van der Waals surface area (Å²) in [7, 11) is -2.63. The number of benzene rings is 1. The first-order chi connectivity index (χ1) is 17.3. The first-order valence-corrected chi connectivity index (χ1v) is 13.9. The highest BCUT2D eigenvalue weighted by Crippen LogP contribution is 2.47. The van der Waals surface area contributed by atoms with E-state index in [0.29, 0.717) is 30.5 Å². The van der Waals surface area contributed by atoms with Crippen LogP contribution in [0.15, 0.2) is 18.2 Å². The SMILES string of the molecule is CC(C(F)F)n1nc(-c2cc(OC(F)F)ccc2F)c2c1C[C@H](C(=O)NC1(C)CCS(O)(O)CC1)CC2. The number of halogens is 5. The molecule has 2 aromatic rings. The third kappa shape index (κ3) is 6.04. The lowest BCUT2D eigenvalue weighted by molar-refractivity contribution is -0.127. The van der Waals surface area contributed by atoms with E-state index in [0.717, 1.165) is 22.9 Å². The zero-order valence-corrected chi connectivity index (χ0v) is 21.2. The van der Waals surface area contributed by atoms with Gasteiger partial charge in [0.05, 0.1) is 5.69 Å². The molecule has 2 heterocycles. The van der Waals surface area contributed by atoms with Gasteiger partial charge in [0.1, 0.15) is 17.6 Å². The molecular weight excluding hydrogens is 521 g/mol. The lowest BCUT2D eigenvalue weighted by Gasteiger charge is -2.45. The van der Waals surface area contributed by atoms with Crippen LogP contribution >= 0.6 is 10.6 Å². The minimum Gasteiger partial charge on any atom is -0.435 e. The predicted octanol–water partition coefficient (Wildman–Crippen LogP) is 5.64. The lowest BCUT2D eigenvalue weighted by Crippen LogP contribution is -2.52. The largest absolute Gasteiger partial charge is 0.435 e. The number of aromatic nitrogens is 2. The maximum Gasteiger partial charge on any atom is 0.387 e. The van der Waals surface area contributed by atoms with E-state index in [1.165, 1.54) is 6.92 Å². The summed E-state index contributed by atoms with van der Waals surface area (Å²) >= 11 is 0. The summed E-state index contributed by atoms with van der Waals surface area (Å²) in [5, 5.41) is 7.28. The van der Waals surface area contributed by atoms with Gasteiger partial charge >= 0.3 is 6.61 Å². The van der Waals surface area contributed by atoms with Crippen LogP contribution in [0.3, 0.4) is 0 Å². The Balaban J connectivity index is 1.63. The maximum atomic E-state index is 14.8. The van der Waals surface area contributed by atoms with Crippen LogP contribution in [0, 0.1) is 11.7 Å². The molecule has 7 nitrogen and oxygen atoms in total. The molecule has 1 aliphatic heterocycles.